The first-order chi connectivity index (χ1) is 16.3. The second-order valence-corrected chi connectivity index (χ2v) is 9.11. The van der Waals surface area contributed by atoms with Gasteiger partial charge in [0, 0.05) is 12.5 Å². The van der Waals surface area contributed by atoms with Crippen LogP contribution in [0.1, 0.15) is 36.3 Å². The van der Waals surface area contributed by atoms with Crippen molar-refractivity contribution in [2.75, 3.05) is 19.7 Å². The Morgan fingerprint density at radius 1 is 1.09 bits per heavy atom. The molecule has 2 fully saturated rings. The van der Waals surface area contributed by atoms with Gasteiger partial charge in [-0.05, 0) is 47.4 Å². The fourth-order valence-corrected chi connectivity index (χ4v) is 5.45. The Balaban J connectivity index is 1.21. The van der Waals surface area contributed by atoms with Gasteiger partial charge < -0.3 is 20.1 Å². The third-order valence-corrected chi connectivity index (χ3v) is 7.22. The smallest absolute Gasteiger partial charge is 0.407 e. The highest BCUT2D eigenvalue weighted by atomic mass is 19.3. The summed E-state index contributed by atoms with van der Waals surface area (Å²) in [6.07, 6.45) is 0.190. The number of aliphatic carboxylic acids is 1. The summed E-state index contributed by atoms with van der Waals surface area (Å²) in [5, 5.41) is 11.5. The number of amides is 2. The van der Waals surface area contributed by atoms with E-state index >= 15 is 0 Å². The van der Waals surface area contributed by atoms with E-state index in [0.29, 0.717) is 12.8 Å². The minimum Gasteiger partial charge on any atom is -0.479 e. The molecule has 1 saturated heterocycles. The maximum absolute atomic E-state index is 14.7. The zero-order valence-corrected chi connectivity index (χ0v) is 18.3. The number of hydrogen-bond donors (Lipinski definition) is 2. The van der Waals surface area contributed by atoms with Crippen LogP contribution in [0.3, 0.4) is 0 Å². The molecule has 1 aliphatic heterocycles. The molecule has 3 aliphatic rings. The Labute approximate surface area is 194 Å². The number of benzene rings is 2. The minimum absolute atomic E-state index is 0.0395. The lowest BCUT2D eigenvalue weighted by Gasteiger charge is -2.35. The van der Waals surface area contributed by atoms with Crippen LogP contribution >= 0.6 is 0 Å². The van der Waals surface area contributed by atoms with Gasteiger partial charge in [-0.3, -0.25) is 4.79 Å². The molecule has 0 unspecified atom stereocenters. The molecule has 2 N–H and O–H groups in total. The van der Waals surface area contributed by atoms with Crippen LogP contribution in [0, 0.1) is 5.92 Å². The molecule has 178 valence electrons. The number of piperidine rings is 1. The summed E-state index contributed by atoms with van der Waals surface area (Å²) in [4.78, 5) is 37.2. The van der Waals surface area contributed by atoms with E-state index in [9.17, 15) is 28.3 Å². The molecule has 1 heterocycles. The largest absolute Gasteiger partial charge is 0.479 e. The first-order valence-electron chi connectivity index (χ1n) is 11.3. The molecule has 0 radical (unpaired) electrons. The van der Waals surface area contributed by atoms with Gasteiger partial charge in [0.1, 0.15) is 12.1 Å². The number of hydrogen-bond acceptors (Lipinski definition) is 4. The lowest BCUT2D eigenvalue weighted by molar-refractivity contribution is -0.169. The van der Waals surface area contributed by atoms with E-state index in [1.165, 1.54) is 0 Å². The Bertz CT molecular complexity index is 1120. The average molecular weight is 470 g/mol. The van der Waals surface area contributed by atoms with Crippen molar-refractivity contribution < 1.29 is 33.0 Å². The van der Waals surface area contributed by atoms with Gasteiger partial charge in [-0.15, -0.1) is 0 Å². The first kappa shape index (κ1) is 22.3. The zero-order chi connectivity index (χ0) is 24.1. The van der Waals surface area contributed by atoms with E-state index in [4.69, 9.17) is 4.74 Å². The number of nitrogens with one attached hydrogen (secondary N) is 1. The van der Waals surface area contributed by atoms with Crippen molar-refractivity contribution in [3.63, 3.8) is 0 Å². The number of halogens is 2. The molecule has 2 aliphatic carbocycles. The number of nitrogens with zero attached hydrogens (tertiary/aromatic N) is 1. The molecule has 34 heavy (non-hydrogen) atoms. The van der Waals surface area contributed by atoms with Crippen molar-refractivity contribution >= 4 is 18.0 Å². The van der Waals surface area contributed by atoms with Gasteiger partial charge in [-0.2, -0.15) is 8.78 Å². The Morgan fingerprint density at radius 3 is 2.32 bits per heavy atom. The molecule has 5 rings (SSSR count). The Kier molecular flexibility index (Phi) is 5.30. The predicted octanol–water partition coefficient (Wildman–Crippen LogP) is 3.63. The maximum Gasteiger partial charge on any atom is 0.407 e. The van der Waals surface area contributed by atoms with Crippen LogP contribution < -0.4 is 5.32 Å². The number of carboxylic acid groups (broad SMARTS) is 1. The molecule has 0 bridgehead atoms. The van der Waals surface area contributed by atoms with E-state index < -0.39 is 36.0 Å². The SMILES string of the molecule is O=C(NCC(F)(F)C(=O)N1CCC[C@@H]2C[C@@]21C(=O)O)OCC1c2ccccc2-c2ccccc21. The molecule has 2 aromatic rings. The molecule has 2 aromatic carbocycles. The zero-order valence-electron chi connectivity index (χ0n) is 18.3. The van der Waals surface area contributed by atoms with E-state index in [-0.39, 0.29) is 31.4 Å². The summed E-state index contributed by atoms with van der Waals surface area (Å²) < 4.78 is 34.6. The van der Waals surface area contributed by atoms with Crippen LogP contribution in [0.2, 0.25) is 0 Å². The van der Waals surface area contributed by atoms with Crippen LogP contribution in [0.15, 0.2) is 48.5 Å². The van der Waals surface area contributed by atoms with E-state index in [1.54, 1.807) is 0 Å². The topological polar surface area (TPSA) is 95.9 Å². The highest BCUT2D eigenvalue weighted by molar-refractivity contribution is 5.93. The number of alkyl carbamates (subject to hydrolysis) is 1. The molecular weight excluding hydrogens is 446 g/mol. The number of fused-ring (bicyclic) bond motifs is 4. The van der Waals surface area contributed by atoms with Crippen molar-refractivity contribution in [2.45, 2.75) is 36.6 Å². The molecule has 2 amide bonds. The number of rotatable bonds is 6. The number of carbonyl (C=O) groups is 3. The summed E-state index contributed by atoms with van der Waals surface area (Å²) in [6, 6.07) is 15.5. The number of ether oxygens (including phenoxy) is 1. The maximum atomic E-state index is 14.7. The monoisotopic (exact) mass is 470 g/mol. The van der Waals surface area contributed by atoms with Crippen molar-refractivity contribution in [3.05, 3.63) is 59.7 Å². The van der Waals surface area contributed by atoms with Crippen molar-refractivity contribution in [1.29, 1.82) is 0 Å². The lowest BCUT2D eigenvalue weighted by atomic mass is 9.98. The normalized spacial score (nSPS) is 22.9. The molecule has 0 aromatic heterocycles. The van der Waals surface area contributed by atoms with E-state index in [0.717, 1.165) is 27.2 Å². The predicted molar refractivity (Wildman–Crippen MR) is 117 cm³/mol. The second-order valence-electron chi connectivity index (χ2n) is 9.11. The van der Waals surface area contributed by atoms with Crippen LogP contribution in [0.5, 0.6) is 0 Å². The summed E-state index contributed by atoms with van der Waals surface area (Å²) in [5.41, 5.74) is 2.51. The summed E-state index contributed by atoms with van der Waals surface area (Å²) in [5.74, 6) is -7.30. The molecule has 7 nitrogen and oxygen atoms in total. The summed E-state index contributed by atoms with van der Waals surface area (Å²) in [7, 11) is 0. The van der Waals surface area contributed by atoms with Gasteiger partial charge >= 0.3 is 18.0 Å². The van der Waals surface area contributed by atoms with E-state index in [1.807, 2.05) is 53.8 Å². The van der Waals surface area contributed by atoms with Gasteiger partial charge in [-0.25, -0.2) is 9.59 Å². The number of carbonyl (C=O) groups excluding carboxylic acids is 2. The average Bonchev–Trinajstić information content (AvgIpc) is 3.52. The highest BCUT2D eigenvalue weighted by Gasteiger charge is 2.68. The Morgan fingerprint density at radius 2 is 1.71 bits per heavy atom. The van der Waals surface area contributed by atoms with Gasteiger partial charge in [0.05, 0.1) is 6.54 Å². The molecule has 9 heteroatoms. The van der Waals surface area contributed by atoms with Crippen molar-refractivity contribution in [3.8, 4) is 11.1 Å². The van der Waals surface area contributed by atoms with Gasteiger partial charge in [0.15, 0.2) is 0 Å². The molecule has 0 spiro atoms. The second kappa shape index (κ2) is 8.07. The quantitative estimate of drug-likeness (QED) is 0.672. The molecule has 2 atom stereocenters. The summed E-state index contributed by atoms with van der Waals surface area (Å²) >= 11 is 0. The van der Waals surface area contributed by atoms with E-state index in [2.05, 4.69) is 0 Å². The van der Waals surface area contributed by atoms with Gasteiger partial charge in [0.2, 0.25) is 0 Å². The van der Waals surface area contributed by atoms with Crippen LogP contribution in [0.25, 0.3) is 11.1 Å². The van der Waals surface area contributed by atoms with Crippen LogP contribution in [0.4, 0.5) is 13.6 Å². The number of alkyl halides is 2. The van der Waals surface area contributed by atoms with Gasteiger partial charge in [-0.1, -0.05) is 48.5 Å². The van der Waals surface area contributed by atoms with Gasteiger partial charge in [0.25, 0.3) is 5.91 Å². The van der Waals surface area contributed by atoms with Crippen molar-refractivity contribution in [2.24, 2.45) is 5.92 Å². The first-order valence-corrected chi connectivity index (χ1v) is 11.3. The van der Waals surface area contributed by atoms with Crippen LogP contribution in [-0.2, 0) is 14.3 Å². The minimum atomic E-state index is -3.95. The number of likely N-dealkylation sites (tertiary alicyclic amines) is 1. The van der Waals surface area contributed by atoms with Crippen molar-refractivity contribution in [1.82, 2.24) is 10.2 Å². The standard InChI is InChI=1S/C25H24F2N2O5/c26-25(27,21(30)29-11-5-6-15-12-24(15,29)22(31)32)14-28-23(33)34-13-20-18-9-3-1-7-16(18)17-8-2-4-10-19(17)20/h1-4,7-10,15,20H,5-6,11-14H2,(H,28,33)(H,31,32)/t15-,24+/m1/s1. The Hall–Kier alpha value is -3.49. The fraction of sp³-hybridized carbons (Fsp3) is 0.400. The molecule has 1 saturated carbocycles. The summed E-state index contributed by atoms with van der Waals surface area (Å²) in [6.45, 7) is -1.35. The lowest BCUT2D eigenvalue weighted by Crippen LogP contribution is -2.58. The third-order valence-electron chi connectivity index (χ3n) is 7.22. The fourth-order valence-electron chi connectivity index (χ4n) is 5.45. The third kappa shape index (κ3) is 3.50. The molecular formula is C25H24F2N2O5. The van der Waals surface area contributed by atoms with Crippen LogP contribution in [-0.4, -0.2) is 59.1 Å². The number of carboxylic acids is 1. The highest BCUT2D eigenvalue weighted by Crippen LogP contribution is 2.55.